The molecule has 2 bridgehead atoms. The Labute approximate surface area is 166 Å². The Morgan fingerprint density at radius 2 is 1.96 bits per heavy atom. The second-order valence-electron chi connectivity index (χ2n) is 8.05. The minimum Gasteiger partial charge on any atom is -0.333 e. The number of benzene rings is 1. The average Bonchev–Trinajstić information content (AvgIpc) is 2.83. The summed E-state index contributed by atoms with van der Waals surface area (Å²) in [7, 11) is 0. The lowest BCUT2D eigenvalue weighted by atomic mass is 9.95. The lowest BCUT2D eigenvalue weighted by Crippen LogP contribution is -2.47. The number of nitrogens with zero attached hydrogens (tertiary/aromatic N) is 3. The van der Waals surface area contributed by atoms with E-state index in [0.717, 1.165) is 54.6 Å². The molecule has 144 valence electrons. The number of rotatable bonds is 5. The van der Waals surface area contributed by atoms with Crippen LogP contribution in [0, 0.1) is 19.8 Å². The third-order valence-corrected chi connectivity index (χ3v) is 6.99. The molecular formula is C22H29N3OS. The number of aromatic nitrogens is 1. The van der Waals surface area contributed by atoms with Crippen molar-refractivity contribution in [1.82, 2.24) is 14.8 Å². The zero-order valence-corrected chi connectivity index (χ0v) is 17.2. The van der Waals surface area contributed by atoms with Crippen LogP contribution in [0.4, 0.5) is 0 Å². The molecule has 0 spiro atoms. The quantitative estimate of drug-likeness (QED) is 0.785. The second-order valence-corrected chi connectivity index (χ2v) is 9.25. The van der Waals surface area contributed by atoms with E-state index in [1.165, 1.54) is 18.4 Å². The maximum absolute atomic E-state index is 13.2. The summed E-state index contributed by atoms with van der Waals surface area (Å²) >= 11 is 1.55. The predicted molar refractivity (Wildman–Crippen MR) is 110 cm³/mol. The fourth-order valence-corrected chi connectivity index (χ4v) is 5.50. The Hall–Kier alpha value is -1.72. The second kappa shape index (κ2) is 8.11. The largest absolute Gasteiger partial charge is 0.333 e. The first kappa shape index (κ1) is 18.6. The van der Waals surface area contributed by atoms with Gasteiger partial charge in [0.2, 0.25) is 0 Å². The predicted octanol–water partition coefficient (Wildman–Crippen LogP) is 3.93. The number of hydrogen-bond donors (Lipinski definition) is 0. The lowest BCUT2D eigenvalue weighted by Gasteiger charge is -2.36. The van der Waals surface area contributed by atoms with Crippen LogP contribution < -0.4 is 0 Å². The zero-order valence-electron chi connectivity index (χ0n) is 16.4. The van der Waals surface area contributed by atoms with Crippen LogP contribution in [0.15, 0.2) is 30.3 Å². The molecule has 2 atom stereocenters. The summed E-state index contributed by atoms with van der Waals surface area (Å²) in [4.78, 5) is 23.2. The summed E-state index contributed by atoms with van der Waals surface area (Å²) < 4.78 is 0. The summed E-state index contributed by atoms with van der Waals surface area (Å²) in [5.41, 5.74) is 2.31. The van der Waals surface area contributed by atoms with Gasteiger partial charge in [-0.3, -0.25) is 4.79 Å². The Bertz CT molecular complexity index is 788. The number of piperidine rings is 1. The minimum atomic E-state index is 0.207. The van der Waals surface area contributed by atoms with Gasteiger partial charge in [0.1, 0.15) is 4.88 Å². The number of aryl methyl sites for hydroxylation is 3. The van der Waals surface area contributed by atoms with E-state index in [1.807, 2.05) is 13.8 Å². The van der Waals surface area contributed by atoms with Crippen molar-refractivity contribution < 1.29 is 4.79 Å². The van der Waals surface area contributed by atoms with Gasteiger partial charge >= 0.3 is 0 Å². The van der Waals surface area contributed by atoms with E-state index in [0.29, 0.717) is 12.0 Å². The summed E-state index contributed by atoms with van der Waals surface area (Å²) in [6.45, 7) is 8.14. The van der Waals surface area contributed by atoms with Gasteiger partial charge in [0, 0.05) is 25.7 Å². The van der Waals surface area contributed by atoms with Crippen molar-refractivity contribution in [1.29, 1.82) is 0 Å². The number of hydrogen-bond acceptors (Lipinski definition) is 4. The van der Waals surface area contributed by atoms with Gasteiger partial charge < -0.3 is 9.80 Å². The molecule has 0 N–H and O–H groups in total. The third kappa shape index (κ3) is 4.25. The fourth-order valence-electron chi connectivity index (χ4n) is 4.62. The highest BCUT2D eigenvalue weighted by molar-refractivity contribution is 7.13. The van der Waals surface area contributed by atoms with E-state index >= 15 is 0 Å². The van der Waals surface area contributed by atoms with E-state index in [9.17, 15) is 4.79 Å². The standard InChI is InChI=1S/C22H29N3OS/c1-16-21(27-17(2)23-16)22(26)25-14-19-10-11-20(25)15-24(13-19)12-6-9-18-7-4-3-5-8-18/h3-5,7-8,19-20H,6,9-15H2,1-2H3/t19-,20+/m0/s1. The summed E-state index contributed by atoms with van der Waals surface area (Å²) in [6, 6.07) is 11.1. The van der Waals surface area contributed by atoms with Gasteiger partial charge in [0.05, 0.1) is 10.7 Å². The highest BCUT2D eigenvalue weighted by Gasteiger charge is 2.38. The van der Waals surface area contributed by atoms with Gasteiger partial charge in [-0.1, -0.05) is 30.3 Å². The SMILES string of the molecule is Cc1nc(C)c(C(=O)N2C[C@H]3CC[C@@H]2CN(CCCc2ccccc2)C3)s1. The van der Waals surface area contributed by atoms with Crippen molar-refractivity contribution in [3.63, 3.8) is 0 Å². The van der Waals surface area contributed by atoms with Crippen LogP contribution in [-0.4, -0.2) is 52.9 Å². The number of amides is 1. The van der Waals surface area contributed by atoms with E-state index in [4.69, 9.17) is 0 Å². The molecule has 0 unspecified atom stereocenters. The molecule has 1 amide bonds. The summed E-state index contributed by atoms with van der Waals surface area (Å²) in [6.07, 6.45) is 4.71. The van der Waals surface area contributed by atoms with Crippen LogP contribution in [-0.2, 0) is 6.42 Å². The summed E-state index contributed by atoms with van der Waals surface area (Å²) in [5, 5.41) is 0.985. The van der Waals surface area contributed by atoms with E-state index in [2.05, 4.69) is 45.1 Å². The van der Waals surface area contributed by atoms with E-state index < -0.39 is 0 Å². The molecule has 5 rings (SSSR count). The molecule has 3 aliphatic heterocycles. The molecule has 5 heteroatoms. The monoisotopic (exact) mass is 383 g/mol. The lowest BCUT2D eigenvalue weighted by molar-refractivity contribution is 0.0589. The molecule has 4 heterocycles. The fraction of sp³-hybridized carbons (Fsp3) is 0.545. The van der Waals surface area contributed by atoms with Gasteiger partial charge in [-0.25, -0.2) is 4.98 Å². The van der Waals surface area contributed by atoms with Crippen LogP contribution in [0.1, 0.15) is 45.2 Å². The van der Waals surface area contributed by atoms with Gasteiger partial charge in [-0.15, -0.1) is 11.3 Å². The van der Waals surface area contributed by atoms with Gasteiger partial charge in [-0.05, 0) is 57.6 Å². The van der Waals surface area contributed by atoms with Crippen molar-refractivity contribution in [2.24, 2.45) is 5.92 Å². The highest BCUT2D eigenvalue weighted by atomic mass is 32.1. The smallest absolute Gasteiger partial charge is 0.266 e. The van der Waals surface area contributed by atoms with Crippen molar-refractivity contribution in [2.45, 2.75) is 45.6 Å². The van der Waals surface area contributed by atoms with Crippen LogP contribution in [0.2, 0.25) is 0 Å². The first-order valence-electron chi connectivity index (χ1n) is 10.1. The Morgan fingerprint density at radius 3 is 2.70 bits per heavy atom. The molecule has 1 aromatic carbocycles. The maximum atomic E-state index is 13.2. The van der Waals surface area contributed by atoms with Crippen LogP contribution >= 0.6 is 11.3 Å². The molecule has 0 radical (unpaired) electrons. The van der Waals surface area contributed by atoms with Crippen molar-refractivity contribution in [3.8, 4) is 0 Å². The van der Waals surface area contributed by atoms with Gasteiger partial charge in [0.15, 0.2) is 0 Å². The molecule has 3 saturated heterocycles. The number of carbonyl (C=O) groups excluding carboxylic acids is 1. The molecule has 0 aliphatic carbocycles. The highest BCUT2D eigenvalue weighted by Crippen LogP contribution is 2.31. The molecule has 3 fully saturated rings. The van der Waals surface area contributed by atoms with Crippen molar-refractivity contribution >= 4 is 17.2 Å². The van der Waals surface area contributed by atoms with E-state index in [-0.39, 0.29) is 5.91 Å². The van der Waals surface area contributed by atoms with Crippen molar-refractivity contribution in [3.05, 3.63) is 51.5 Å². The molecule has 0 saturated carbocycles. The molecule has 3 aliphatic rings. The Morgan fingerprint density at radius 1 is 1.15 bits per heavy atom. The van der Waals surface area contributed by atoms with Gasteiger partial charge in [0.25, 0.3) is 5.91 Å². The maximum Gasteiger partial charge on any atom is 0.266 e. The first-order chi connectivity index (χ1) is 13.1. The first-order valence-corrected chi connectivity index (χ1v) is 10.9. The minimum absolute atomic E-state index is 0.207. The number of fused-ring (bicyclic) bond motifs is 4. The summed E-state index contributed by atoms with van der Waals surface area (Å²) in [5.74, 6) is 0.817. The van der Waals surface area contributed by atoms with Gasteiger partial charge in [-0.2, -0.15) is 0 Å². The Kier molecular flexibility index (Phi) is 5.60. The van der Waals surface area contributed by atoms with Crippen LogP contribution in [0.5, 0.6) is 0 Å². The van der Waals surface area contributed by atoms with Crippen molar-refractivity contribution in [2.75, 3.05) is 26.2 Å². The molecule has 4 nitrogen and oxygen atoms in total. The Balaban J connectivity index is 1.38. The molecule has 2 aromatic rings. The molecule has 27 heavy (non-hydrogen) atoms. The van der Waals surface area contributed by atoms with Crippen LogP contribution in [0.25, 0.3) is 0 Å². The number of carbonyl (C=O) groups is 1. The number of thiazole rings is 1. The molecular weight excluding hydrogens is 354 g/mol. The zero-order chi connectivity index (χ0) is 18.8. The van der Waals surface area contributed by atoms with E-state index in [1.54, 1.807) is 11.3 Å². The topological polar surface area (TPSA) is 36.4 Å². The van der Waals surface area contributed by atoms with Crippen LogP contribution in [0.3, 0.4) is 0 Å². The molecule has 1 aromatic heterocycles. The normalized spacial score (nSPS) is 22.8. The third-order valence-electron chi connectivity index (χ3n) is 5.93. The average molecular weight is 384 g/mol.